The Hall–Kier alpha value is -1.47. The lowest BCUT2D eigenvalue weighted by atomic mass is 10.4. The van der Waals surface area contributed by atoms with E-state index in [1.807, 2.05) is 0 Å². The van der Waals surface area contributed by atoms with Crippen molar-refractivity contribution >= 4 is 29.1 Å². The van der Waals surface area contributed by atoms with Gasteiger partial charge in [0, 0.05) is 24.3 Å². The van der Waals surface area contributed by atoms with E-state index in [4.69, 9.17) is 5.11 Å². The zero-order chi connectivity index (χ0) is 12.3. The molecule has 0 aliphatic carbocycles. The van der Waals surface area contributed by atoms with Gasteiger partial charge in [0.1, 0.15) is 4.88 Å². The second-order valence-electron chi connectivity index (χ2n) is 3.18. The highest BCUT2D eigenvalue weighted by Gasteiger charge is 2.14. The average Bonchev–Trinajstić information content (AvgIpc) is 2.69. The Balaban J connectivity index is 2.05. The number of aryl methyl sites for hydroxylation is 1. The van der Waals surface area contributed by atoms with E-state index in [-0.39, 0.29) is 0 Å². The highest BCUT2D eigenvalue weighted by molar-refractivity contribution is 8.00. The molecule has 0 saturated carbocycles. The molecule has 0 amide bonds. The second-order valence-corrected chi connectivity index (χ2v) is 5.41. The molecular formula is C10H9N3O2S2. The summed E-state index contributed by atoms with van der Waals surface area (Å²) in [6.45, 7) is 1.70. The van der Waals surface area contributed by atoms with Crippen LogP contribution in [0.25, 0.3) is 0 Å². The molecule has 2 aromatic rings. The number of thiazole rings is 1. The maximum absolute atomic E-state index is 10.8. The van der Waals surface area contributed by atoms with Gasteiger partial charge in [-0.15, -0.1) is 11.3 Å². The van der Waals surface area contributed by atoms with Crippen molar-refractivity contribution in [1.29, 1.82) is 0 Å². The summed E-state index contributed by atoms with van der Waals surface area (Å²) < 4.78 is 0.741. The van der Waals surface area contributed by atoms with Crippen LogP contribution in [0.5, 0.6) is 0 Å². The predicted octanol–water partition coefficient (Wildman–Crippen LogP) is 2.23. The van der Waals surface area contributed by atoms with Crippen molar-refractivity contribution in [3.63, 3.8) is 0 Å². The average molecular weight is 267 g/mol. The standard InChI is InChI=1S/C10H9N3O2S2/c1-6-8(9(14)15)17-10(13-6)16-5-7-4-11-2-3-12-7/h2-4H,5H2,1H3,(H,14,15). The van der Waals surface area contributed by atoms with Crippen LogP contribution in [0.2, 0.25) is 0 Å². The molecule has 88 valence electrons. The normalized spacial score (nSPS) is 10.4. The first kappa shape index (κ1) is 12.0. The molecule has 0 aromatic carbocycles. The quantitative estimate of drug-likeness (QED) is 0.856. The van der Waals surface area contributed by atoms with Crippen LogP contribution in [-0.4, -0.2) is 26.0 Å². The van der Waals surface area contributed by atoms with Crippen LogP contribution in [0.3, 0.4) is 0 Å². The van der Waals surface area contributed by atoms with Crippen molar-refractivity contribution in [2.75, 3.05) is 0 Å². The summed E-state index contributed by atoms with van der Waals surface area (Å²) in [7, 11) is 0. The van der Waals surface area contributed by atoms with Crippen molar-refractivity contribution in [3.8, 4) is 0 Å². The molecule has 0 unspecified atom stereocenters. The Morgan fingerprint density at radius 2 is 2.35 bits per heavy atom. The van der Waals surface area contributed by atoms with Crippen LogP contribution in [0, 0.1) is 6.92 Å². The Labute approximate surface area is 106 Å². The number of hydrogen-bond donors (Lipinski definition) is 1. The fourth-order valence-electron chi connectivity index (χ4n) is 1.17. The van der Waals surface area contributed by atoms with E-state index < -0.39 is 5.97 Å². The summed E-state index contributed by atoms with van der Waals surface area (Å²) in [5.41, 5.74) is 1.41. The molecule has 0 spiro atoms. The molecular weight excluding hydrogens is 258 g/mol. The van der Waals surface area contributed by atoms with Gasteiger partial charge in [-0.2, -0.15) is 0 Å². The van der Waals surface area contributed by atoms with Crippen LogP contribution in [0.4, 0.5) is 0 Å². The number of rotatable bonds is 4. The molecule has 2 rings (SSSR count). The van der Waals surface area contributed by atoms with E-state index >= 15 is 0 Å². The van der Waals surface area contributed by atoms with Crippen LogP contribution >= 0.6 is 23.1 Å². The lowest BCUT2D eigenvalue weighted by molar-refractivity contribution is 0.0701. The number of thioether (sulfide) groups is 1. The third kappa shape index (κ3) is 3.01. The van der Waals surface area contributed by atoms with Gasteiger partial charge in [0.2, 0.25) is 0 Å². The van der Waals surface area contributed by atoms with E-state index in [0.29, 0.717) is 16.3 Å². The number of nitrogens with zero attached hydrogens (tertiary/aromatic N) is 3. The molecule has 17 heavy (non-hydrogen) atoms. The molecule has 0 aliphatic heterocycles. The maximum atomic E-state index is 10.8. The zero-order valence-corrected chi connectivity index (χ0v) is 10.6. The Morgan fingerprint density at radius 1 is 1.53 bits per heavy atom. The molecule has 0 saturated heterocycles. The van der Waals surface area contributed by atoms with Crippen LogP contribution in [0.1, 0.15) is 21.1 Å². The van der Waals surface area contributed by atoms with Crippen LogP contribution < -0.4 is 0 Å². The smallest absolute Gasteiger partial charge is 0.347 e. The van der Waals surface area contributed by atoms with Crippen LogP contribution in [-0.2, 0) is 5.75 Å². The van der Waals surface area contributed by atoms with Crippen molar-refractivity contribution in [3.05, 3.63) is 34.9 Å². The van der Waals surface area contributed by atoms with E-state index in [9.17, 15) is 4.79 Å². The number of hydrogen-bond acceptors (Lipinski definition) is 6. The summed E-state index contributed by atoms with van der Waals surface area (Å²) >= 11 is 2.66. The maximum Gasteiger partial charge on any atom is 0.347 e. The lowest BCUT2D eigenvalue weighted by Crippen LogP contribution is -1.94. The SMILES string of the molecule is Cc1nc(SCc2cnccn2)sc1C(=O)O. The number of aromatic carboxylic acids is 1. The summed E-state index contributed by atoms with van der Waals surface area (Å²) in [5.74, 6) is -0.286. The van der Waals surface area contributed by atoms with Gasteiger partial charge < -0.3 is 5.11 Å². The molecule has 0 radical (unpaired) electrons. The summed E-state index contributed by atoms with van der Waals surface area (Å²) in [6, 6.07) is 0. The Kier molecular flexibility index (Phi) is 3.70. The van der Waals surface area contributed by atoms with Gasteiger partial charge in [0.25, 0.3) is 0 Å². The van der Waals surface area contributed by atoms with Gasteiger partial charge in [-0.1, -0.05) is 11.8 Å². The van der Waals surface area contributed by atoms with Gasteiger partial charge >= 0.3 is 5.97 Å². The van der Waals surface area contributed by atoms with Gasteiger partial charge in [-0.05, 0) is 6.92 Å². The molecule has 0 atom stereocenters. The van der Waals surface area contributed by atoms with Gasteiger partial charge in [0.05, 0.1) is 11.4 Å². The fourth-order valence-corrected chi connectivity index (χ4v) is 3.09. The van der Waals surface area contributed by atoms with E-state index in [1.165, 1.54) is 23.1 Å². The van der Waals surface area contributed by atoms with Crippen molar-refractivity contribution in [1.82, 2.24) is 15.0 Å². The molecule has 0 fully saturated rings. The van der Waals surface area contributed by atoms with Gasteiger partial charge in [0.15, 0.2) is 4.34 Å². The first-order valence-electron chi connectivity index (χ1n) is 4.75. The summed E-state index contributed by atoms with van der Waals surface area (Å²) in [4.78, 5) is 23.4. The van der Waals surface area contributed by atoms with Crippen molar-refractivity contribution in [2.45, 2.75) is 17.0 Å². The minimum Gasteiger partial charge on any atom is -0.477 e. The molecule has 2 heterocycles. The van der Waals surface area contributed by atoms with E-state index in [2.05, 4.69) is 15.0 Å². The number of carboxylic acid groups (broad SMARTS) is 1. The van der Waals surface area contributed by atoms with Gasteiger partial charge in [-0.3, -0.25) is 9.97 Å². The zero-order valence-electron chi connectivity index (χ0n) is 8.95. The first-order chi connectivity index (χ1) is 8.16. The third-order valence-electron chi connectivity index (χ3n) is 1.93. The molecule has 1 N–H and O–H groups in total. The number of aromatic nitrogens is 3. The first-order valence-corrected chi connectivity index (χ1v) is 6.55. The van der Waals surface area contributed by atoms with Crippen molar-refractivity contribution < 1.29 is 9.90 Å². The number of carbonyl (C=O) groups is 1. The topological polar surface area (TPSA) is 76.0 Å². The lowest BCUT2D eigenvalue weighted by Gasteiger charge is -1.95. The van der Waals surface area contributed by atoms with Gasteiger partial charge in [-0.25, -0.2) is 9.78 Å². The number of carboxylic acids is 1. The minimum absolute atomic E-state index is 0.298. The summed E-state index contributed by atoms with van der Waals surface area (Å²) in [6.07, 6.45) is 4.93. The highest BCUT2D eigenvalue weighted by Crippen LogP contribution is 2.28. The fraction of sp³-hybridized carbons (Fsp3) is 0.200. The molecule has 7 heteroatoms. The third-order valence-corrected chi connectivity index (χ3v) is 4.25. The Bertz CT molecular complexity index is 528. The predicted molar refractivity (Wildman–Crippen MR) is 65.4 cm³/mol. The van der Waals surface area contributed by atoms with Crippen LogP contribution in [0.15, 0.2) is 22.9 Å². The largest absolute Gasteiger partial charge is 0.477 e. The van der Waals surface area contributed by atoms with E-state index in [1.54, 1.807) is 25.5 Å². The van der Waals surface area contributed by atoms with E-state index in [0.717, 1.165) is 10.0 Å². The Morgan fingerprint density at radius 3 is 2.94 bits per heavy atom. The highest BCUT2D eigenvalue weighted by atomic mass is 32.2. The minimum atomic E-state index is -0.925. The summed E-state index contributed by atoms with van der Waals surface area (Å²) in [5, 5.41) is 8.90. The second kappa shape index (κ2) is 5.24. The molecule has 5 nitrogen and oxygen atoms in total. The monoisotopic (exact) mass is 267 g/mol. The molecule has 2 aromatic heterocycles. The molecule has 0 aliphatic rings. The van der Waals surface area contributed by atoms with Crippen molar-refractivity contribution in [2.24, 2.45) is 0 Å². The molecule has 0 bridgehead atoms.